The number of nitrogens with zero attached hydrogens (tertiary/aromatic N) is 3. The molecule has 0 unspecified atom stereocenters. The highest BCUT2D eigenvalue weighted by molar-refractivity contribution is 6.19. The molecule has 0 amide bonds. The van der Waals surface area contributed by atoms with E-state index in [0.717, 1.165) is 33.8 Å². The molecule has 11 aromatic rings. The second kappa shape index (κ2) is 11.9. The Morgan fingerprint density at radius 3 is 1.86 bits per heavy atom. The summed E-state index contributed by atoms with van der Waals surface area (Å²) in [5.74, 6) is 0.924. The molecule has 268 valence electrons. The lowest BCUT2D eigenvalue weighted by Gasteiger charge is -2.21. The van der Waals surface area contributed by atoms with Crippen molar-refractivity contribution in [2.45, 2.75) is 19.3 Å². The fourth-order valence-corrected chi connectivity index (χ4v) is 9.66. The van der Waals surface area contributed by atoms with Gasteiger partial charge < -0.3 is 4.57 Å². The summed E-state index contributed by atoms with van der Waals surface area (Å²) >= 11 is 0. The van der Waals surface area contributed by atoms with E-state index in [4.69, 9.17) is 4.98 Å². The van der Waals surface area contributed by atoms with Crippen LogP contribution >= 0.6 is 0 Å². The Morgan fingerprint density at radius 1 is 0.386 bits per heavy atom. The Labute approximate surface area is 330 Å². The lowest BCUT2D eigenvalue weighted by atomic mass is 9.82. The Kier molecular flexibility index (Phi) is 6.68. The molecule has 9 aromatic carbocycles. The predicted octanol–water partition coefficient (Wildman–Crippen LogP) is 14.1. The number of rotatable bonds is 4. The molecule has 3 nitrogen and oxygen atoms in total. The van der Waals surface area contributed by atoms with Gasteiger partial charge in [-0.3, -0.25) is 4.57 Å². The monoisotopic (exact) mass is 727 g/mol. The smallest absolute Gasteiger partial charge is 0.145 e. The van der Waals surface area contributed by atoms with Crippen molar-refractivity contribution in [3.8, 4) is 45.0 Å². The van der Waals surface area contributed by atoms with Gasteiger partial charge in [-0.1, -0.05) is 129 Å². The largest absolute Gasteiger partial charge is 0.309 e. The third-order valence-electron chi connectivity index (χ3n) is 12.5. The normalized spacial score (nSPS) is 13.2. The Hall–Kier alpha value is -7.23. The molecule has 0 bridgehead atoms. The summed E-state index contributed by atoms with van der Waals surface area (Å²) < 4.78 is 4.77. The maximum absolute atomic E-state index is 5.22. The van der Waals surface area contributed by atoms with E-state index < -0.39 is 0 Å². The number of para-hydroxylation sites is 2. The van der Waals surface area contributed by atoms with Crippen molar-refractivity contribution in [2.75, 3.05) is 0 Å². The molecule has 2 aromatic heterocycles. The number of fused-ring (bicyclic) bond motifs is 10. The molecule has 2 heterocycles. The van der Waals surface area contributed by atoms with E-state index in [1.807, 2.05) is 0 Å². The van der Waals surface area contributed by atoms with Gasteiger partial charge in [-0.15, -0.1) is 0 Å². The van der Waals surface area contributed by atoms with Gasteiger partial charge in [0.05, 0.1) is 22.1 Å². The molecule has 0 saturated heterocycles. The van der Waals surface area contributed by atoms with Crippen molar-refractivity contribution in [3.63, 3.8) is 0 Å². The summed E-state index contributed by atoms with van der Waals surface area (Å²) in [7, 11) is 0. The minimum atomic E-state index is -0.107. The number of aromatic nitrogens is 3. The second-order valence-electron chi connectivity index (χ2n) is 16.0. The summed E-state index contributed by atoms with van der Waals surface area (Å²) in [6.07, 6.45) is 0. The van der Waals surface area contributed by atoms with E-state index in [0.29, 0.717) is 0 Å². The summed E-state index contributed by atoms with van der Waals surface area (Å²) in [5, 5.41) is 7.62. The third-order valence-corrected chi connectivity index (χ3v) is 12.5. The first-order valence-electron chi connectivity index (χ1n) is 19.8. The molecule has 0 spiro atoms. The summed E-state index contributed by atoms with van der Waals surface area (Å²) in [4.78, 5) is 5.22. The van der Waals surface area contributed by atoms with E-state index in [1.54, 1.807) is 0 Å². The zero-order valence-electron chi connectivity index (χ0n) is 31.7. The molecule has 57 heavy (non-hydrogen) atoms. The maximum Gasteiger partial charge on any atom is 0.145 e. The molecule has 0 atom stereocenters. The van der Waals surface area contributed by atoms with Crippen LogP contribution in [0.4, 0.5) is 0 Å². The number of hydrogen-bond acceptors (Lipinski definition) is 1. The van der Waals surface area contributed by atoms with Crippen LogP contribution in [0.1, 0.15) is 25.0 Å². The first-order chi connectivity index (χ1) is 28.0. The molecule has 1 aliphatic rings. The zero-order valence-corrected chi connectivity index (χ0v) is 31.7. The van der Waals surface area contributed by atoms with Crippen LogP contribution in [0.2, 0.25) is 0 Å². The van der Waals surface area contributed by atoms with Gasteiger partial charge in [0.2, 0.25) is 0 Å². The van der Waals surface area contributed by atoms with Gasteiger partial charge in [0, 0.05) is 33.1 Å². The van der Waals surface area contributed by atoms with Gasteiger partial charge in [0.15, 0.2) is 0 Å². The molecule has 3 heteroatoms. The molecular weight excluding hydrogens is 691 g/mol. The molecule has 0 fully saturated rings. The van der Waals surface area contributed by atoms with Crippen LogP contribution in [0.5, 0.6) is 0 Å². The van der Waals surface area contributed by atoms with Crippen LogP contribution in [0.15, 0.2) is 188 Å². The van der Waals surface area contributed by atoms with E-state index in [2.05, 4.69) is 211 Å². The summed E-state index contributed by atoms with van der Waals surface area (Å²) in [5.41, 5.74) is 15.5. The van der Waals surface area contributed by atoms with Gasteiger partial charge in [0.25, 0.3) is 0 Å². The van der Waals surface area contributed by atoms with Crippen LogP contribution in [-0.4, -0.2) is 14.1 Å². The van der Waals surface area contributed by atoms with E-state index >= 15 is 0 Å². The fraction of sp³-hybridized carbons (Fsp3) is 0.0556. The van der Waals surface area contributed by atoms with Gasteiger partial charge in [0.1, 0.15) is 5.82 Å². The Balaban J connectivity index is 1.06. The lowest BCUT2D eigenvalue weighted by Crippen LogP contribution is -2.14. The van der Waals surface area contributed by atoms with Crippen molar-refractivity contribution >= 4 is 54.4 Å². The first-order valence-corrected chi connectivity index (χ1v) is 19.8. The molecule has 12 rings (SSSR count). The molecule has 1 aliphatic carbocycles. The van der Waals surface area contributed by atoms with E-state index in [9.17, 15) is 0 Å². The Bertz CT molecular complexity index is 3400. The molecule has 0 aliphatic heterocycles. The van der Waals surface area contributed by atoms with Crippen LogP contribution < -0.4 is 0 Å². The van der Waals surface area contributed by atoms with Crippen molar-refractivity contribution in [1.29, 1.82) is 0 Å². The average molecular weight is 728 g/mol. The fourth-order valence-electron chi connectivity index (χ4n) is 9.66. The molecule has 0 saturated carbocycles. The quantitative estimate of drug-likeness (QED) is 0.166. The molecular formula is C54H37N3. The van der Waals surface area contributed by atoms with E-state index in [-0.39, 0.29) is 5.41 Å². The van der Waals surface area contributed by atoms with Crippen molar-refractivity contribution < 1.29 is 0 Å². The van der Waals surface area contributed by atoms with E-state index in [1.165, 1.54) is 76.7 Å². The van der Waals surface area contributed by atoms with Gasteiger partial charge in [-0.05, 0) is 128 Å². The van der Waals surface area contributed by atoms with Crippen LogP contribution in [0.25, 0.3) is 99.4 Å². The highest BCUT2D eigenvalue weighted by Crippen LogP contribution is 2.51. The molecule has 0 radical (unpaired) electrons. The number of benzene rings is 9. The zero-order chi connectivity index (χ0) is 37.8. The highest BCUT2D eigenvalue weighted by Gasteiger charge is 2.36. The van der Waals surface area contributed by atoms with Gasteiger partial charge in [-0.25, -0.2) is 4.98 Å². The predicted molar refractivity (Wildman–Crippen MR) is 239 cm³/mol. The minimum absolute atomic E-state index is 0.107. The average Bonchev–Trinajstić information content (AvgIpc) is 3.88. The van der Waals surface area contributed by atoms with Crippen molar-refractivity contribution in [3.05, 3.63) is 199 Å². The standard InChI is InChI=1S/C54H37N3/c1-54(2)47-17-9-8-16-42(47)44-32-46-45-31-43-38(21-20-36-14-6-7-15-41(36)43)30-51(45)56(52(46)33-48(44)54)39-28-24-37(25-29-39)53-55-49-18-10-11-19-50(49)57(53)40-26-22-35(23-27-40)34-12-4-3-5-13-34/h3-33H,1-2H3. The number of hydrogen-bond donors (Lipinski definition) is 0. The van der Waals surface area contributed by atoms with Gasteiger partial charge >= 0.3 is 0 Å². The van der Waals surface area contributed by atoms with Gasteiger partial charge in [-0.2, -0.15) is 0 Å². The van der Waals surface area contributed by atoms with Crippen LogP contribution in [0.3, 0.4) is 0 Å². The SMILES string of the molecule is CC1(C)c2ccccc2-c2cc3c4cc5c(ccc6ccccc65)cc4n(-c4ccc(-c5nc6ccccc6n5-c5ccc(-c6ccccc6)cc5)cc4)c3cc21. The van der Waals surface area contributed by atoms with Crippen molar-refractivity contribution in [2.24, 2.45) is 0 Å². The highest BCUT2D eigenvalue weighted by atomic mass is 15.1. The number of imidazole rings is 1. The maximum atomic E-state index is 5.22. The van der Waals surface area contributed by atoms with Crippen LogP contribution in [-0.2, 0) is 5.41 Å². The minimum Gasteiger partial charge on any atom is -0.309 e. The Morgan fingerprint density at radius 2 is 1.02 bits per heavy atom. The van der Waals surface area contributed by atoms with Crippen molar-refractivity contribution in [1.82, 2.24) is 14.1 Å². The topological polar surface area (TPSA) is 22.8 Å². The second-order valence-corrected chi connectivity index (χ2v) is 16.0. The first kappa shape index (κ1) is 32.1. The molecule has 0 N–H and O–H groups in total. The lowest BCUT2D eigenvalue weighted by molar-refractivity contribution is 0.661. The third kappa shape index (κ3) is 4.69. The van der Waals surface area contributed by atoms with Crippen LogP contribution in [0, 0.1) is 0 Å². The summed E-state index contributed by atoms with van der Waals surface area (Å²) in [6, 6.07) is 68.8. The summed E-state index contributed by atoms with van der Waals surface area (Å²) in [6.45, 7) is 4.74.